The largest absolute Gasteiger partial charge is 0.469 e. The van der Waals surface area contributed by atoms with Gasteiger partial charge in [0.1, 0.15) is 0 Å². The fourth-order valence-corrected chi connectivity index (χ4v) is 1.61. The molecule has 0 aromatic heterocycles. The first-order valence-corrected chi connectivity index (χ1v) is 5.38. The second-order valence-corrected chi connectivity index (χ2v) is 3.79. The summed E-state index contributed by atoms with van der Waals surface area (Å²) in [6, 6.07) is 5.71. The average Bonchev–Trinajstić information content (AvgIpc) is 2.82. The Kier molecular flexibility index (Phi) is 3.37. The van der Waals surface area contributed by atoms with Gasteiger partial charge in [0.05, 0.1) is 13.5 Å². The number of nitrogens with zero attached hydrogens (tertiary/aromatic N) is 1. The smallest absolute Gasteiger partial charge is 0.307 e. The molecule has 0 N–H and O–H groups in total. The SMILES string of the molecule is COC(=O)CCN(C)c1ccc2c(c1)OCO2. The van der Waals surface area contributed by atoms with Crippen molar-refractivity contribution in [3.63, 3.8) is 0 Å². The predicted molar refractivity (Wildman–Crippen MR) is 62.5 cm³/mol. The summed E-state index contributed by atoms with van der Waals surface area (Å²) in [5.74, 6) is 1.29. The Morgan fingerprint density at radius 3 is 2.94 bits per heavy atom. The van der Waals surface area contributed by atoms with E-state index in [0.717, 1.165) is 17.2 Å². The zero-order valence-corrected chi connectivity index (χ0v) is 9.93. The number of hydrogen-bond donors (Lipinski definition) is 0. The Hall–Kier alpha value is -1.91. The average molecular weight is 237 g/mol. The number of hydrogen-bond acceptors (Lipinski definition) is 5. The predicted octanol–water partition coefficient (Wildman–Crippen LogP) is 1.41. The number of fused-ring (bicyclic) bond motifs is 1. The Bertz CT molecular complexity index is 419. The minimum Gasteiger partial charge on any atom is -0.469 e. The molecule has 0 aliphatic carbocycles. The van der Waals surface area contributed by atoms with Crippen molar-refractivity contribution in [1.82, 2.24) is 0 Å². The number of anilines is 1. The van der Waals surface area contributed by atoms with E-state index in [-0.39, 0.29) is 12.8 Å². The molecule has 1 heterocycles. The molecule has 5 heteroatoms. The summed E-state index contributed by atoms with van der Waals surface area (Å²) in [5, 5.41) is 0. The van der Waals surface area contributed by atoms with Crippen LogP contribution in [0.2, 0.25) is 0 Å². The molecule has 1 aromatic rings. The summed E-state index contributed by atoms with van der Waals surface area (Å²) in [4.78, 5) is 13.0. The standard InChI is InChI=1S/C12H15NO4/c1-13(6-5-12(14)15-2)9-3-4-10-11(7-9)17-8-16-10/h3-4,7H,5-6,8H2,1-2H3. The van der Waals surface area contributed by atoms with Crippen LogP contribution in [-0.4, -0.2) is 33.5 Å². The van der Waals surface area contributed by atoms with Gasteiger partial charge in [-0.25, -0.2) is 0 Å². The molecule has 0 saturated heterocycles. The first-order valence-electron chi connectivity index (χ1n) is 5.38. The molecule has 0 saturated carbocycles. The fraction of sp³-hybridized carbons (Fsp3) is 0.417. The van der Waals surface area contributed by atoms with E-state index >= 15 is 0 Å². The van der Waals surface area contributed by atoms with Gasteiger partial charge < -0.3 is 19.1 Å². The van der Waals surface area contributed by atoms with Crippen LogP contribution in [0, 0.1) is 0 Å². The number of carbonyl (C=O) groups is 1. The normalized spacial score (nSPS) is 12.4. The molecule has 1 aliphatic rings. The lowest BCUT2D eigenvalue weighted by Crippen LogP contribution is -2.21. The van der Waals surface area contributed by atoms with Gasteiger partial charge in [0.25, 0.3) is 0 Å². The maximum atomic E-state index is 11.0. The number of rotatable bonds is 4. The Morgan fingerprint density at radius 1 is 1.41 bits per heavy atom. The third-order valence-electron chi connectivity index (χ3n) is 2.68. The second-order valence-electron chi connectivity index (χ2n) is 3.79. The van der Waals surface area contributed by atoms with E-state index in [1.165, 1.54) is 7.11 Å². The highest BCUT2D eigenvalue weighted by Crippen LogP contribution is 2.35. The Balaban J connectivity index is 1.99. The van der Waals surface area contributed by atoms with Crippen LogP contribution >= 0.6 is 0 Å². The maximum Gasteiger partial charge on any atom is 0.307 e. The van der Waals surface area contributed by atoms with Crippen molar-refractivity contribution in [2.75, 3.05) is 32.4 Å². The molecule has 0 bridgehead atoms. The van der Waals surface area contributed by atoms with Gasteiger partial charge in [0.15, 0.2) is 11.5 Å². The minimum atomic E-state index is -0.211. The molecule has 0 radical (unpaired) electrons. The Labute approximate surface area is 99.9 Å². The van der Waals surface area contributed by atoms with Crippen molar-refractivity contribution in [3.8, 4) is 11.5 Å². The van der Waals surface area contributed by atoms with Crippen LogP contribution in [0.5, 0.6) is 11.5 Å². The van der Waals surface area contributed by atoms with Crippen LogP contribution in [0.3, 0.4) is 0 Å². The third kappa shape index (κ3) is 2.61. The first kappa shape index (κ1) is 11.6. The van der Waals surface area contributed by atoms with E-state index in [0.29, 0.717) is 13.0 Å². The van der Waals surface area contributed by atoms with Gasteiger partial charge in [0, 0.05) is 25.3 Å². The summed E-state index contributed by atoms with van der Waals surface area (Å²) in [5.41, 5.74) is 0.984. The highest BCUT2D eigenvalue weighted by molar-refractivity contribution is 5.70. The third-order valence-corrected chi connectivity index (χ3v) is 2.68. The first-order chi connectivity index (χ1) is 8.20. The molecule has 0 fully saturated rings. The van der Waals surface area contributed by atoms with E-state index < -0.39 is 0 Å². The van der Waals surface area contributed by atoms with E-state index in [1.54, 1.807) is 0 Å². The van der Waals surface area contributed by atoms with Crippen molar-refractivity contribution in [2.45, 2.75) is 6.42 Å². The molecular weight excluding hydrogens is 222 g/mol. The van der Waals surface area contributed by atoms with Gasteiger partial charge in [-0.1, -0.05) is 0 Å². The molecule has 0 amide bonds. The number of methoxy groups -OCH3 is 1. The lowest BCUT2D eigenvalue weighted by molar-refractivity contribution is -0.140. The zero-order chi connectivity index (χ0) is 12.3. The van der Waals surface area contributed by atoms with E-state index in [2.05, 4.69) is 4.74 Å². The van der Waals surface area contributed by atoms with Crippen LogP contribution in [-0.2, 0) is 9.53 Å². The number of ether oxygens (including phenoxy) is 3. The lowest BCUT2D eigenvalue weighted by Gasteiger charge is -2.18. The van der Waals surface area contributed by atoms with E-state index in [1.807, 2.05) is 30.1 Å². The van der Waals surface area contributed by atoms with Crippen molar-refractivity contribution in [2.24, 2.45) is 0 Å². The van der Waals surface area contributed by atoms with Gasteiger partial charge in [-0.3, -0.25) is 4.79 Å². The maximum absolute atomic E-state index is 11.0. The number of esters is 1. The van der Waals surface area contributed by atoms with Crippen molar-refractivity contribution >= 4 is 11.7 Å². The second kappa shape index (κ2) is 4.95. The summed E-state index contributed by atoms with van der Waals surface area (Å²) in [6.07, 6.45) is 0.363. The number of carbonyl (C=O) groups excluding carboxylic acids is 1. The molecule has 0 spiro atoms. The van der Waals surface area contributed by atoms with Gasteiger partial charge >= 0.3 is 5.97 Å². The quantitative estimate of drug-likeness (QED) is 0.741. The molecule has 1 aromatic carbocycles. The van der Waals surface area contributed by atoms with Crippen molar-refractivity contribution in [1.29, 1.82) is 0 Å². The van der Waals surface area contributed by atoms with Gasteiger partial charge in [-0.05, 0) is 12.1 Å². The van der Waals surface area contributed by atoms with Crippen LogP contribution in [0.25, 0.3) is 0 Å². The Morgan fingerprint density at radius 2 is 2.18 bits per heavy atom. The van der Waals surface area contributed by atoms with E-state index in [9.17, 15) is 4.79 Å². The van der Waals surface area contributed by atoms with Crippen LogP contribution in [0.1, 0.15) is 6.42 Å². The molecule has 17 heavy (non-hydrogen) atoms. The van der Waals surface area contributed by atoms with Crippen LogP contribution in [0.4, 0.5) is 5.69 Å². The summed E-state index contributed by atoms with van der Waals surface area (Å²) in [7, 11) is 3.31. The van der Waals surface area contributed by atoms with Crippen LogP contribution in [0.15, 0.2) is 18.2 Å². The van der Waals surface area contributed by atoms with Crippen molar-refractivity contribution in [3.05, 3.63) is 18.2 Å². The molecule has 5 nitrogen and oxygen atoms in total. The van der Waals surface area contributed by atoms with Gasteiger partial charge in [0.2, 0.25) is 6.79 Å². The van der Waals surface area contributed by atoms with Crippen LogP contribution < -0.4 is 14.4 Å². The van der Waals surface area contributed by atoms with Gasteiger partial charge in [-0.2, -0.15) is 0 Å². The summed E-state index contributed by atoms with van der Waals surface area (Å²) < 4.78 is 15.1. The summed E-state index contributed by atoms with van der Waals surface area (Å²) in [6.45, 7) is 0.872. The summed E-state index contributed by atoms with van der Waals surface area (Å²) >= 11 is 0. The fourth-order valence-electron chi connectivity index (χ4n) is 1.61. The molecular formula is C12H15NO4. The monoisotopic (exact) mass is 237 g/mol. The molecule has 1 aliphatic heterocycles. The van der Waals surface area contributed by atoms with Gasteiger partial charge in [-0.15, -0.1) is 0 Å². The molecule has 2 rings (SSSR count). The molecule has 92 valence electrons. The minimum absolute atomic E-state index is 0.211. The molecule has 0 atom stereocenters. The number of benzene rings is 1. The van der Waals surface area contributed by atoms with Crippen molar-refractivity contribution < 1.29 is 19.0 Å². The highest BCUT2D eigenvalue weighted by Gasteiger charge is 2.14. The zero-order valence-electron chi connectivity index (χ0n) is 9.93. The molecule has 0 unspecified atom stereocenters. The lowest BCUT2D eigenvalue weighted by atomic mass is 10.2. The highest BCUT2D eigenvalue weighted by atomic mass is 16.7. The topological polar surface area (TPSA) is 48.0 Å². The van der Waals surface area contributed by atoms with E-state index in [4.69, 9.17) is 9.47 Å².